The molecule has 5 heteroatoms. The molecule has 19 heavy (non-hydrogen) atoms. The molecule has 0 radical (unpaired) electrons. The van der Waals surface area contributed by atoms with E-state index >= 15 is 0 Å². The molecule has 3 N–H and O–H groups in total. The highest BCUT2D eigenvalue weighted by Crippen LogP contribution is 2.38. The summed E-state index contributed by atoms with van der Waals surface area (Å²) in [5.41, 5.74) is 5.33. The van der Waals surface area contributed by atoms with E-state index in [-0.39, 0.29) is 18.4 Å². The quantitative estimate of drug-likeness (QED) is 0.608. The first-order valence-corrected chi connectivity index (χ1v) is 7.71. The van der Waals surface area contributed by atoms with Crippen molar-refractivity contribution in [1.29, 1.82) is 0 Å². The lowest BCUT2D eigenvalue weighted by atomic mass is 9.79. The maximum atomic E-state index is 12.9. The van der Waals surface area contributed by atoms with Gasteiger partial charge in [-0.25, -0.2) is 0 Å². The number of nitrogens with zero attached hydrogens (tertiary/aromatic N) is 1. The number of nitrogens with two attached hydrogens (primary N) is 1. The maximum absolute atomic E-state index is 12.9. The first-order valence-electron chi connectivity index (χ1n) is 7.30. The fraction of sp³-hybridized carbons (Fsp3) is 0.857. The Morgan fingerprint density at radius 3 is 2.42 bits per heavy atom. The van der Waals surface area contributed by atoms with Crippen molar-refractivity contribution >= 4 is 23.1 Å². The molecule has 2 aliphatic rings. The van der Waals surface area contributed by atoms with Gasteiger partial charge in [0.2, 0.25) is 5.91 Å². The van der Waals surface area contributed by atoms with Crippen LogP contribution >= 0.6 is 12.2 Å². The largest absolute Gasteiger partial charge is 0.396 e. The minimum Gasteiger partial charge on any atom is -0.396 e. The van der Waals surface area contributed by atoms with E-state index in [2.05, 4.69) is 0 Å². The van der Waals surface area contributed by atoms with Gasteiger partial charge in [-0.15, -0.1) is 0 Å². The van der Waals surface area contributed by atoms with Crippen molar-refractivity contribution in [1.82, 2.24) is 4.90 Å². The molecule has 1 aliphatic carbocycles. The Bertz CT molecular complexity index is 351. The number of aliphatic hydroxyl groups excluding tert-OH is 1. The van der Waals surface area contributed by atoms with Gasteiger partial charge < -0.3 is 15.7 Å². The number of carbonyl (C=O) groups excluding carboxylic acids is 1. The fourth-order valence-corrected chi connectivity index (χ4v) is 3.66. The van der Waals surface area contributed by atoms with Gasteiger partial charge in [-0.05, 0) is 19.3 Å². The van der Waals surface area contributed by atoms with Crippen LogP contribution in [0.5, 0.6) is 0 Å². The number of hydrogen-bond acceptors (Lipinski definition) is 3. The van der Waals surface area contributed by atoms with Crippen LogP contribution in [0, 0.1) is 11.3 Å². The molecule has 1 saturated carbocycles. The van der Waals surface area contributed by atoms with Crippen molar-refractivity contribution in [3.8, 4) is 0 Å². The molecule has 1 heterocycles. The van der Waals surface area contributed by atoms with Gasteiger partial charge in [0, 0.05) is 25.6 Å². The summed E-state index contributed by atoms with van der Waals surface area (Å²) in [6, 6.07) is 0. The lowest BCUT2D eigenvalue weighted by Gasteiger charge is -2.34. The molecule has 108 valence electrons. The minimum atomic E-state index is -0.615. The van der Waals surface area contributed by atoms with Crippen molar-refractivity contribution in [2.24, 2.45) is 17.1 Å². The summed E-state index contributed by atoms with van der Waals surface area (Å²) in [5, 5.41) is 9.21. The van der Waals surface area contributed by atoms with Gasteiger partial charge in [0.15, 0.2) is 0 Å². The predicted octanol–water partition coefficient (Wildman–Crippen LogP) is 1.45. The zero-order valence-corrected chi connectivity index (χ0v) is 12.3. The van der Waals surface area contributed by atoms with Gasteiger partial charge in [-0.1, -0.05) is 37.9 Å². The highest BCUT2D eigenvalue weighted by molar-refractivity contribution is 7.80. The second-order valence-electron chi connectivity index (χ2n) is 5.95. The van der Waals surface area contributed by atoms with E-state index in [9.17, 15) is 9.90 Å². The van der Waals surface area contributed by atoms with E-state index in [1.807, 2.05) is 4.90 Å². The van der Waals surface area contributed by atoms with E-state index in [0.717, 1.165) is 51.5 Å². The monoisotopic (exact) mass is 284 g/mol. The van der Waals surface area contributed by atoms with Crippen LogP contribution in [0.25, 0.3) is 0 Å². The van der Waals surface area contributed by atoms with Crippen LogP contribution in [0.15, 0.2) is 0 Å². The molecule has 1 saturated heterocycles. The number of aliphatic hydroxyl groups is 1. The third kappa shape index (κ3) is 2.92. The number of hydrogen-bond donors (Lipinski definition) is 2. The topological polar surface area (TPSA) is 66.6 Å². The van der Waals surface area contributed by atoms with Crippen LogP contribution < -0.4 is 5.73 Å². The molecule has 4 nitrogen and oxygen atoms in total. The Morgan fingerprint density at radius 2 is 1.95 bits per heavy atom. The van der Waals surface area contributed by atoms with Crippen LogP contribution in [-0.4, -0.2) is 40.6 Å². The molecular formula is C14H24N2O2S. The zero-order valence-electron chi connectivity index (χ0n) is 11.4. The Hall–Kier alpha value is -0.680. The molecule has 0 spiro atoms. The van der Waals surface area contributed by atoms with Gasteiger partial charge in [0.1, 0.15) is 0 Å². The van der Waals surface area contributed by atoms with Crippen LogP contribution in [0.2, 0.25) is 0 Å². The second-order valence-corrected chi connectivity index (χ2v) is 6.39. The maximum Gasteiger partial charge on any atom is 0.235 e. The highest BCUT2D eigenvalue weighted by atomic mass is 32.1. The Balaban J connectivity index is 2.14. The van der Waals surface area contributed by atoms with Crippen molar-refractivity contribution in [2.75, 3.05) is 19.7 Å². The third-order valence-electron chi connectivity index (χ3n) is 4.67. The number of carbonyl (C=O) groups is 1. The van der Waals surface area contributed by atoms with E-state index in [1.54, 1.807) is 0 Å². The molecule has 0 bridgehead atoms. The third-order valence-corrected chi connectivity index (χ3v) is 5.06. The summed E-state index contributed by atoms with van der Waals surface area (Å²) in [6.45, 7) is 1.54. The van der Waals surface area contributed by atoms with Gasteiger partial charge >= 0.3 is 0 Å². The van der Waals surface area contributed by atoms with Crippen molar-refractivity contribution in [3.63, 3.8) is 0 Å². The number of likely N-dealkylation sites (tertiary alicyclic amines) is 1. The summed E-state index contributed by atoms with van der Waals surface area (Å²) < 4.78 is 0. The molecule has 0 aromatic rings. The molecule has 0 aromatic carbocycles. The molecular weight excluding hydrogens is 260 g/mol. The predicted molar refractivity (Wildman–Crippen MR) is 78.7 cm³/mol. The van der Waals surface area contributed by atoms with Crippen LogP contribution in [0.3, 0.4) is 0 Å². The Labute approximate surface area is 120 Å². The molecule has 1 amide bonds. The molecule has 1 atom stereocenters. The van der Waals surface area contributed by atoms with Crippen LogP contribution in [-0.2, 0) is 4.79 Å². The number of amides is 1. The second kappa shape index (κ2) is 6.18. The van der Waals surface area contributed by atoms with Crippen molar-refractivity contribution in [3.05, 3.63) is 0 Å². The Morgan fingerprint density at radius 1 is 1.32 bits per heavy atom. The van der Waals surface area contributed by atoms with Gasteiger partial charge in [-0.2, -0.15) is 0 Å². The lowest BCUT2D eigenvalue weighted by molar-refractivity contribution is -0.138. The van der Waals surface area contributed by atoms with Gasteiger partial charge in [0.05, 0.1) is 10.4 Å². The summed E-state index contributed by atoms with van der Waals surface area (Å²) in [7, 11) is 0. The minimum absolute atomic E-state index is 0.109. The fourth-order valence-electron chi connectivity index (χ4n) is 3.37. The Kier molecular flexibility index (Phi) is 4.79. The van der Waals surface area contributed by atoms with Gasteiger partial charge in [-0.3, -0.25) is 4.79 Å². The SMILES string of the molecule is NC(=S)C1(C(=O)N2CCC(CO)C2)CCCCCC1. The average molecular weight is 284 g/mol. The first kappa shape index (κ1) is 14.7. The summed E-state index contributed by atoms with van der Waals surface area (Å²) in [6.07, 6.45) is 6.85. The molecule has 1 unspecified atom stereocenters. The smallest absolute Gasteiger partial charge is 0.235 e. The zero-order chi connectivity index (χ0) is 13.9. The standard InChI is InChI=1S/C14H24N2O2S/c15-12(19)14(6-3-1-2-4-7-14)13(18)16-8-5-11(9-16)10-17/h11,17H,1-10H2,(H2,15,19). The van der Waals surface area contributed by atoms with E-state index in [0.29, 0.717) is 11.5 Å². The van der Waals surface area contributed by atoms with E-state index in [1.165, 1.54) is 0 Å². The average Bonchev–Trinajstić information content (AvgIpc) is 2.74. The number of thiocarbonyl (C=S) groups is 1. The summed E-state index contributed by atoms with van der Waals surface area (Å²) >= 11 is 5.24. The molecule has 2 rings (SSSR count). The van der Waals surface area contributed by atoms with Crippen LogP contribution in [0.1, 0.15) is 44.9 Å². The molecule has 0 aromatic heterocycles. The van der Waals surface area contributed by atoms with Crippen molar-refractivity contribution < 1.29 is 9.90 Å². The van der Waals surface area contributed by atoms with E-state index in [4.69, 9.17) is 18.0 Å². The molecule has 2 fully saturated rings. The highest BCUT2D eigenvalue weighted by Gasteiger charge is 2.45. The molecule has 1 aliphatic heterocycles. The summed E-state index contributed by atoms with van der Waals surface area (Å²) in [4.78, 5) is 15.1. The first-order chi connectivity index (χ1) is 9.10. The van der Waals surface area contributed by atoms with E-state index < -0.39 is 5.41 Å². The van der Waals surface area contributed by atoms with Crippen molar-refractivity contribution in [2.45, 2.75) is 44.9 Å². The normalized spacial score (nSPS) is 27.0. The summed E-state index contributed by atoms with van der Waals surface area (Å²) in [5.74, 6) is 0.330. The number of rotatable bonds is 3. The van der Waals surface area contributed by atoms with Gasteiger partial charge in [0.25, 0.3) is 0 Å². The lowest BCUT2D eigenvalue weighted by Crippen LogP contribution is -2.50. The van der Waals surface area contributed by atoms with Crippen LogP contribution in [0.4, 0.5) is 0 Å².